The Balaban J connectivity index is 2.24. The molecule has 0 aliphatic rings. The first-order chi connectivity index (χ1) is 11.6. The molecule has 2 heterocycles. The van der Waals surface area contributed by atoms with E-state index in [0.29, 0.717) is 17.0 Å². The topological polar surface area (TPSA) is 52.2 Å². The van der Waals surface area contributed by atoms with Crippen LogP contribution in [0.2, 0.25) is 0 Å². The zero-order valence-electron chi connectivity index (χ0n) is 13.3. The monoisotopic (exact) mass is 338 g/mol. The van der Waals surface area contributed by atoms with Crippen molar-refractivity contribution < 1.29 is 0 Å². The van der Waals surface area contributed by atoms with Crippen LogP contribution in [0.1, 0.15) is 17.0 Å². The smallest absolute Gasteiger partial charge is 0.267 e. The van der Waals surface area contributed by atoms with Gasteiger partial charge in [-0.25, -0.2) is 4.57 Å². The third-order valence-corrected chi connectivity index (χ3v) is 4.44. The van der Waals surface area contributed by atoms with Crippen LogP contribution in [-0.2, 0) is 5.88 Å². The lowest BCUT2D eigenvalue weighted by molar-refractivity contribution is 0.953. The van der Waals surface area contributed by atoms with E-state index in [9.17, 15) is 4.79 Å². The molecule has 4 rings (SSSR count). The highest BCUT2D eigenvalue weighted by Crippen LogP contribution is 2.21. The van der Waals surface area contributed by atoms with Gasteiger partial charge in [-0.2, -0.15) is 0 Å². The standard InChI is InChI=1S/C18H15ClN4O/c1-11-7-8-14(12(2)9-11)23-17(24)13-5-3-4-6-15(13)22-16(10-19)20-21-18(22)23/h3-9H,10H2,1-2H3. The average Bonchev–Trinajstić information content (AvgIpc) is 3.00. The first kappa shape index (κ1) is 14.9. The lowest BCUT2D eigenvalue weighted by Crippen LogP contribution is -2.22. The van der Waals surface area contributed by atoms with Gasteiger partial charge in [0, 0.05) is 0 Å². The van der Waals surface area contributed by atoms with Gasteiger partial charge in [0.05, 0.1) is 22.5 Å². The predicted molar refractivity (Wildman–Crippen MR) is 95.1 cm³/mol. The van der Waals surface area contributed by atoms with Gasteiger partial charge in [0.1, 0.15) is 0 Å². The van der Waals surface area contributed by atoms with E-state index in [1.807, 2.05) is 60.7 Å². The molecule has 0 amide bonds. The second kappa shape index (κ2) is 5.46. The quantitative estimate of drug-likeness (QED) is 0.526. The fraction of sp³-hybridized carbons (Fsp3) is 0.167. The van der Waals surface area contributed by atoms with Crippen LogP contribution in [0.3, 0.4) is 0 Å². The van der Waals surface area contributed by atoms with Gasteiger partial charge in [-0.15, -0.1) is 21.8 Å². The second-order valence-electron chi connectivity index (χ2n) is 5.83. The molecule has 6 heteroatoms. The van der Waals surface area contributed by atoms with E-state index in [1.54, 1.807) is 4.57 Å². The molecule has 0 radical (unpaired) electrons. The maximum absolute atomic E-state index is 13.1. The first-order valence-corrected chi connectivity index (χ1v) is 8.16. The Kier molecular flexibility index (Phi) is 3.39. The molecule has 0 fully saturated rings. The van der Waals surface area contributed by atoms with Crippen LogP contribution in [0.15, 0.2) is 47.3 Å². The molecule has 120 valence electrons. The van der Waals surface area contributed by atoms with Gasteiger partial charge in [0.15, 0.2) is 5.82 Å². The molecular formula is C18H15ClN4O. The van der Waals surface area contributed by atoms with Crippen LogP contribution >= 0.6 is 11.6 Å². The molecule has 0 spiro atoms. The van der Waals surface area contributed by atoms with Crippen molar-refractivity contribution in [1.29, 1.82) is 0 Å². The van der Waals surface area contributed by atoms with E-state index in [4.69, 9.17) is 11.6 Å². The molecule has 0 unspecified atom stereocenters. The summed E-state index contributed by atoms with van der Waals surface area (Å²) in [6.07, 6.45) is 0. The average molecular weight is 339 g/mol. The normalized spacial score (nSPS) is 11.5. The third kappa shape index (κ3) is 2.05. The van der Waals surface area contributed by atoms with Crippen LogP contribution in [0, 0.1) is 13.8 Å². The lowest BCUT2D eigenvalue weighted by atomic mass is 10.1. The Labute approximate surface area is 143 Å². The fourth-order valence-corrected chi connectivity index (χ4v) is 3.29. The minimum Gasteiger partial charge on any atom is -0.268 e. The number of alkyl halides is 1. The Morgan fingerprint density at radius 3 is 2.62 bits per heavy atom. The van der Waals surface area contributed by atoms with Gasteiger partial charge in [0.25, 0.3) is 5.56 Å². The Hall–Kier alpha value is -2.66. The summed E-state index contributed by atoms with van der Waals surface area (Å²) in [7, 11) is 0. The lowest BCUT2D eigenvalue weighted by Gasteiger charge is -2.13. The van der Waals surface area contributed by atoms with Crippen molar-refractivity contribution in [3.8, 4) is 5.69 Å². The molecule has 0 atom stereocenters. The summed E-state index contributed by atoms with van der Waals surface area (Å²) in [6.45, 7) is 4.01. The van der Waals surface area contributed by atoms with E-state index in [0.717, 1.165) is 22.3 Å². The minimum absolute atomic E-state index is 0.112. The first-order valence-electron chi connectivity index (χ1n) is 7.63. The molecule has 0 saturated carbocycles. The predicted octanol–water partition coefficient (Wildman–Crippen LogP) is 3.39. The number of hydrogen-bond donors (Lipinski definition) is 0. The Bertz CT molecular complexity index is 1140. The Morgan fingerprint density at radius 1 is 1.08 bits per heavy atom. The molecule has 0 aliphatic heterocycles. The zero-order chi connectivity index (χ0) is 16.8. The summed E-state index contributed by atoms with van der Waals surface area (Å²) in [5.74, 6) is 1.30. The largest absolute Gasteiger partial charge is 0.268 e. The highest BCUT2D eigenvalue weighted by Gasteiger charge is 2.17. The molecule has 5 nitrogen and oxygen atoms in total. The maximum Gasteiger partial charge on any atom is 0.267 e. The van der Waals surface area contributed by atoms with Gasteiger partial charge < -0.3 is 0 Å². The number of benzene rings is 2. The van der Waals surface area contributed by atoms with Gasteiger partial charge in [0.2, 0.25) is 5.78 Å². The van der Waals surface area contributed by atoms with Crippen LogP contribution < -0.4 is 5.56 Å². The number of rotatable bonds is 2. The van der Waals surface area contributed by atoms with Gasteiger partial charge >= 0.3 is 0 Å². The number of aromatic nitrogens is 4. The van der Waals surface area contributed by atoms with E-state index in [1.165, 1.54) is 0 Å². The maximum atomic E-state index is 13.1. The van der Waals surface area contributed by atoms with Crippen LogP contribution in [0.25, 0.3) is 22.4 Å². The number of halogens is 1. The highest BCUT2D eigenvalue weighted by atomic mass is 35.5. The van der Waals surface area contributed by atoms with E-state index in [2.05, 4.69) is 10.2 Å². The highest BCUT2D eigenvalue weighted by molar-refractivity contribution is 6.16. The second-order valence-corrected chi connectivity index (χ2v) is 6.10. The molecule has 0 bridgehead atoms. The summed E-state index contributed by atoms with van der Waals surface area (Å²) in [4.78, 5) is 13.1. The minimum atomic E-state index is -0.112. The van der Waals surface area contributed by atoms with Gasteiger partial charge in [-0.3, -0.25) is 9.20 Å². The number of hydrogen-bond acceptors (Lipinski definition) is 3. The molecule has 0 N–H and O–H groups in total. The summed E-state index contributed by atoms with van der Waals surface area (Å²) < 4.78 is 3.46. The van der Waals surface area contributed by atoms with Gasteiger partial charge in [-0.1, -0.05) is 29.8 Å². The molecular weight excluding hydrogens is 324 g/mol. The molecule has 2 aromatic heterocycles. The van der Waals surface area contributed by atoms with Crippen molar-refractivity contribution >= 4 is 28.3 Å². The molecule has 2 aromatic carbocycles. The zero-order valence-corrected chi connectivity index (χ0v) is 14.1. The SMILES string of the molecule is Cc1ccc(-n2c(=O)c3ccccc3n3c(CCl)nnc23)c(C)c1. The molecule has 0 aliphatic carbocycles. The molecule has 0 saturated heterocycles. The number of fused-ring (bicyclic) bond motifs is 3. The summed E-state index contributed by atoms with van der Waals surface area (Å²) in [5, 5.41) is 9.00. The number of aryl methyl sites for hydroxylation is 2. The third-order valence-electron chi connectivity index (χ3n) is 4.20. The summed E-state index contributed by atoms with van der Waals surface area (Å²) >= 11 is 6.03. The van der Waals surface area contributed by atoms with Crippen molar-refractivity contribution in [2.45, 2.75) is 19.7 Å². The number of nitrogens with zero attached hydrogens (tertiary/aromatic N) is 4. The van der Waals surface area contributed by atoms with E-state index < -0.39 is 0 Å². The van der Waals surface area contributed by atoms with Crippen LogP contribution in [0.4, 0.5) is 0 Å². The van der Waals surface area contributed by atoms with E-state index in [-0.39, 0.29) is 11.4 Å². The van der Waals surface area contributed by atoms with Crippen LogP contribution in [0.5, 0.6) is 0 Å². The fourth-order valence-electron chi connectivity index (χ4n) is 3.12. The van der Waals surface area contributed by atoms with Crippen molar-refractivity contribution in [2.75, 3.05) is 0 Å². The molecule has 4 aromatic rings. The summed E-state index contributed by atoms with van der Waals surface area (Å²) in [6, 6.07) is 13.4. The van der Waals surface area contributed by atoms with Crippen molar-refractivity contribution in [1.82, 2.24) is 19.2 Å². The van der Waals surface area contributed by atoms with Gasteiger partial charge in [-0.05, 0) is 37.6 Å². The summed E-state index contributed by atoms with van der Waals surface area (Å²) in [5.41, 5.74) is 3.60. The van der Waals surface area contributed by atoms with Crippen LogP contribution in [-0.4, -0.2) is 19.2 Å². The van der Waals surface area contributed by atoms with E-state index >= 15 is 0 Å². The van der Waals surface area contributed by atoms with Crippen molar-refractivity contribution in [3.63, 3.8) is 0 Å². The molecule has 24 heavy (non-hydrogen) atoms. The van der Waals surface area contributed by atoms with Crippen molar-refractivity contribution in [3.05, 3.63) is 69.8 Å². The number of para-hydroxylation sites is 1. The Morgan fingerprint density at radius 2 is 1.88 bits per heavy atom. The van der Waals surface area contributed by atoms with Crippen molar-refractivity contribution in [2.24, 2.45) is 0 Å².